The molecule has 36 heavy (non-hydrogen) atoms. The highest BCUT2D eigenvalue weighted by atomic mass is 16.5. The van der Waals surface area contributed by atoms with Gasteiger partial charge in [0.2, 0.25) is 0 Å². The summed E-state index contributed by atoms with van der Waals surface area (Å²) in [6, 6.07) is 8.07. The number of ether oxygens (including phenoxy) is 4. The van der Waals surface area contributed by atoms with Crippen molar-refractivity contribution in [2.24, 2.45) is 0 Å². The Kier molecular flexibility index (Phi) is 8.10. The van der Waals surface area contributed by atoms with Gasteiger partial charge in [0.15, 0.2) is 0 Å². The number of benzene rings is 2. The zero-order valence-electron chi connectivity index (χ0n) is 22.1. The molecule has 0 aromatic heterocycles. The van der Waals surface area contributed by atoms with E-state index in [0.717, 1.165) is 57.8 Å². The summed E-state index contributed by atoms with van der Waals surface area (Å²) >= 11 is 0. The van der Waals surface area contributed by atoms with Crippen LogP contribution in [0, 0.1) is 13.8 Å². The maximum absolute atomic E-state index is 12.2. The molecule has 7 heteroatoms. The molecule has 0 aliphatic heterocycles. The highest BCUT2D eigenvalue weighted by Crippen LogP contribution is 2.42. The van der Waals surface area contributed by atoms with E-state index in [1.807, 2.05) is 38.1 Å². The Morgan fingerprint density at radius 2 is 1.72 bits per heavy atom. The van der Waals surface area contributed by atoms with Crippen LogP contribution in [0.2, 0.25) is 0 Å². The average molecular weight is 498 g/mol. The second-order valence-corrected chi connectivity index (χ2v) is 10.00. The smallest absolute Gasteiger partial charge is 0.329 e. The number of hydrogen-bond donors (Lipinski definition) is 2. The third-order valence-corrected chi connectivity index (χ3v) is 7.67. The van der Waals surface area contributed by atoms with Crippen molar-refractivity contribution in [2.75, 3.05) is 26.1 Å². The largest absolute Gasteiger partial charge is 0.496 e. The molecule has 0 radical (unpaired) electrons. The number of carbonyl (C=O) groups is 1. The van der Waals surface area contributed by atoms with Crippen molar-refractivity contribution in [3.8, 4) is 22.6 Å². The molecule has 4 rings (SSSR count). The van der Waals surface area contributed by atoms with Crippen LogP contribution in [0.3, 0.4) is 0 Å². The molecule has 0 saturated heterocycles. The van der Waals surface area contributed by atoms with Crippen molar-refractivity contribution in [3.63, 3.8) is 0 Å². The van der Waals surface area contributed by atoms with Gasteiger partial charge in [-0.15, -0.1) is 0 Å². The molecule has 196 valence electrons. The van der Waals surface area contributed by atoms with Crippen molar-refractivity contribution < 1.29 is 28.8 Å². The zero-order chi connectivity index (χ0) is 25.9. The van der Waals surface area contributed by atoms with E-state index in [4.69, 9.17) is 18.9 Å². The monoisotopic (exact) mass is 497 g/mol. The Labute approximate surface area is 214 Å². The van der Waals surface area contributed by atoms with Gasteiger partial charge in [-0.2, -0.15) is 0 Å². The molecule has 7 nitrogen and oxygen atoms in total. The molecule has 0 unspecified atom stereocenters. The van der Waals surface area contributed by atoms with Gasteiger partial charge in [-0.1, -0.05) is 18.9 Å². The molecule has 0 spiro atoms. The van der Waals surface area contributed by atoms with Gasteiger partial charge < -0.3 is 29.4 Å². The van der Waals surface area contributed by atoms with Gasteiger partial charge in [-0.3, -0.25) is 0 Å². The number of nitrogens with one attached hydrogen (secondary N) is 1. The molecule has 0 heterocycles. The number of carboxylic acid groups (broad SMARTS) is 1. The Morgan fingerprint density at radius 3 is 2.33 bits per heavy atom. The Hall–Kier alpha value is -2.77. The lowest BCUT2D eigenvalue weighted by Crippen LogP contribution is -2.59. The van der Waals surface area contributed by atoms with E-state index < -0.39 is 11.5 Å². The number of hydrogen-bond acceptors (Lipinski definition) is 6. The molecule has 2 aromatic rings. The molecule has 2 aliphatic rings. The lowest BCUT2D eigenvalue weighted by Gasteiger charge is -2.45. The molecule has 2 saturated carbocycles. The SMILES string of the molecule is CCOC1CC(Nc2ccc(-c3cc(OC)c(C)c(OC)c3C)c(COC3CCCC3)c2)(C(=O)O)C1. The van der Waals surface area contributed by atoms with E-state index in [0.29, 0.717) is 26.1 Å². The molecular formula is C29H39NO6. The normalized spacial score (nSPS) is 21.8. The van der Waals surface area contributed by atoms with E-state index in [9.17, 15) is 9.90 Å². The predicted octanol–water partition coefficient (Wildman–Crippen LogP) is 5.88. The third kappa shape index (κ3) is 5.18. The third-order valence-electron chi connectivity index (χ3n) is 7.67. The van der Waals surface area contributed by atoms with E-state index in [2.05, 4.69) is 12.2 Å². The Morgan fingerprint density at radius 1 is 1.00 bits per heavy atom. The zero-order valence-corrected chi connectivity index (χ0v) is 22.1. The standard InChI is InChI=1S/C29H39NO6/c1-6-35-23-15-29(16-23,28(31)32)30-21-11-12-24(20(13-21)17-36-22-9-7-8-10-22)25-14-26(33-4)19(3)27(34-5)18(25)2/h11-14,22-23,30H,6-10,15-17H2,1-5H3,(H,31,32). The lowest BCUT2D eigenvalue weighted by molar-refractivity contribution is -0.152. The summed E-state index contributed by atoms with van der Waals surface area (Å²) in [5.74, 6) is 0.712. The summed E-state index contributed by atoms with van der Waals surface area (Å²) in [4.78, 5) is 12.2. The lowest BCUT2D eigenvalue weighted by atomic mass is 9.74. The molecule has 2 aromatic carbocycles. The first kappa shape index (κ1) is 26.3. The van der Waals surface area contributed by atoms with Crippen LogP contribution in [0.15, 0.2) is 24.3 Å². The minimum atomic E-state index is -1.02. The number of rotatable bonds is 11. The van der Waals surface area contributed by atoms with Crippen molar-refractivity contribution in [1.82, 2.24) is 0 Å². The molecule has 2 fully saturated rings. The molecule has 0 amide bonds. The molecule has 2 N–H and O–H groups in total. The first-order chi connectivity index (χ1) is 17.3. The summed E-state index contributed by atoms with van der Waals surface area (Å²) in [5, 5.41) is 13.3. The number of carboxylic acids is 1. The second kappa shape index (κ2) is 11.1. The fourth-order valence-corrected chi connectivity index (χ4v) is 5.65. The number of anilines is 1. The van der Waals surface area contributed by atoms with E-state index in [-0.39, 0.29) is 12.2 Å². The minimum absolute atomic E-state index is 0.0295. The van der Waals surface area contributed by atoms with Crippen LogP contribution in [0.25, 0.3) is 11.1 Å². The van der Waals surface area contributed by atoms with Gasteiger partial charge in [-0.25, -0.2) is 4.79 Å². The van der Waals surface area contributed by atoms with E-state index >= 15 is 0 Å². The van der Waals surface area contributed by atoms with Crippen LogP contribution < -0.4 is 14.8 Å². The summed E-state index contributed by atoms with van der Waals surface area (Å²) in [7, 11) is 3.34. The van der Waals surface area contributed by atoms with Gasteiger partial charge in [0.25, 0.3) is 0 Å². The fourth-order valence-electron chi connectivity index (χ4n) is 5.65. The minimum Gasteiger partial charge on any atom is -0.496 e. The van der Waals surface area contributed by atoms with Crippen LogP contribution in [0.5, 0.6) is 11.5 Å². The van der Waals surface area contributed by atoms with Gasteiger partial charge in [0, 0.05) is 30.7 Å². The summed E-state index contributed by atoms with van der Waals surface area (Å²) in [6.07, 6.45) is 5.69. The molecule has 0 atom stereocenters. The van der Waals surface area contributed by atoms with Crippen molar-refractivity contribution in [3.05, 3.63) is 41.0 Å². The first-order valence-electron chi connectivity index (χ1n) is 12.9. The van der Waals surface area contributed by atoms with Gasteiger partial charge in [0.1, 0.15) is 17.0 Å². The van der Waals surface area contributed by atoms with E-state index in [1.165, 1.54) is 12.8 Å². The second-order valence-electron chi connectivity index (χ2n) is 10.00. The van der Waals surface area contributed by atoms with Crippen LogP contribution in [-0.4, -0.2) is 49.6 Å². The summed E-state index contributed by atoms with van der Waals surface area (Å²) in [6.45, 7) is 7.01. The molecular weight excluding hydrogens is 458 g/mol. The summed E-state index contributed by atoms with van der Waals surface area (Å²) < 4.78 is 23.3. The topological polar surface area (TPSA) is 86.3 Å². The fraction of sp³-hybridized carbons (Fsp3) is 0.552. The van der Waals surface area contributed by atoms with Crippen molar-refractivity contribution in [2.45, 2.75) is 83.6 Å². The van der Waals surface area contributed by atoms with Gasteiger partial charge in [-0.05, 0) is 74.1 Å². The highest BCUT2D eigenvalue weighted by molar-refractivity contribution is 5.85. The van der Waals surface area contributed by atoms with Gasteiger partial charge in [0.05, 0.1) is 33.0 Å². The molecule has 0 bridgehead atoms. The van der Waals surface area contributed by atoms with Crippen LogP contribution in [0.1, 0.15) is 62.1 Å². The first-order valence-corrected chi connectivity index (χ1v) is 12.9. The predicted molar refractivity (Wildman–Crippen MR) is 140 cm³/mol. The van der Waals surface area contributed by atoms with Crippen LogP contribution in [-0.2, 0) is 20.9 Å². The Balaban J connectivity index is 1.70. The molecule has 2 aliphatic carbocycles. The van der Waals surface area contributed by atoms with Crippen LogP contribution in [0.4, 0.5) is 5.69 Å². The number of aliphatic carboxylic acids is 1. The van der Waals surface area contributed by atoms with Crippen LogP contribution >= 0.6 is 0 Å². The van der Waals surface area contributed by atoms with Crippen molar-refractivity contribution in [1.29, 1.82) is 0 Å². The summed E-state index contributed by atoms with van der Waals surface area (Å²) in [5.41, 5.74) is 4.78. The highest BCUT2D eigenvalue weighted by Gasteiger charge is 2.51. The van der Waals surface area contributed by atoms with Crippen molar-refractivity contribution >= 4 is 11.7 Å². The Bertz CT molecular complexity index is 1090. The maximum atomic E-state index is 12.2. The number of methoxy groups -OCH3 is 2. The maximum Gasteiger partial charge on any atom is 0.329 e. The van der Waals surface area contributed by atoms with E-state index in [1.54, 1.807) is 14.2 Å². The average Bonchev–Trinajstić information content (AvgIpc) is 3.36. The van der Waals surface area contributed by atoms with Gasteiger partial charge >= 0.3 is 5.97 Å². The quantitative estimate of drug-likeness (QED) is 0.401.